The second-order valence-electron chi connectivity index (χ2n) is 5.09. The SMILES string of the molecule is Clc1ccc2sc(CCCN3CCNCC3)cc2c1. The van der Waals surface area contributed by atoms with Gasteiger partial charge in [-0.2, -0.15) is 0 Å². The Hall–Kier alpha value is -0.610. The summed E-state index contributed by atoms with van der Waals surface area (Å²) in [4.78, 5) is 4.04. The molecule has 1 fully saturated rings. The zero-order chi connectivity index (χ0) is 13.1. The second-order valence-corrected chi connectivity index (χ2v) is 6.69. The van der Waals surface area contributed by atoms with Crippen LogP contribution in [0.5, 0.6) is 0 Å². The fourth-order valence-corrected chi connectivity index (χ4v) is 3.87. The minimum Gasteiger partial charge on any atom is -0.314 e. The van der Waals surface area contributed by atoms with E-state index in [1.165, 1.54) is 47.4 Å². The molecule has 0 amide bonds. The summed E-state index contributed by atoms with van der Waals surface area (Å²) < 4.78 is 1.35. The van der Waals surface area contributed by atoms with E-state index in [-0.39, 0.29) is 0 Å². The van der Waals surface area contributed by atoms with Crippen molar-refractivity contribution in [1.29, 1.82) is 0 Å². The Morgan fingerprint density at radius 1 is 1.21 bits per heavy atom. The monoisotopic (exact) mass is 294 g/mol. The number of halogens is 1. The van der Waals surface area contributed by atoms with Crippen molar-refractivity contribution in [2.24, 2.45) is 0 Å². The smallest absolute Gasteiger partial charge is 0.0412 e. The second kappa shape index (κ2) is 6.23. The van der Waals surface area contributed by atoms with Gasteiger partial charge in [0, 0.05) is 40.8 Å². The zero-order valence-corrected chi connectivity index (χ0v) is 12.6. The third-order valence-electron chi connectivity index (χ3n) is 3.64. The molecule has 1 aromatic heterocycles. The third kappa shape index (κ3) is 3.48. The number of thiophene rings is 1. The van der Waals surface area contributed by atoms with E-state index in [2.05, 4.69) is 28.4 Å². The lowest BCUT2D eigenvalue weighted by Crippen LogP contribution is -2.43. The van der Waals surface area contributed by atoms with Gasteiger partial charge in [-0.25, -0.2) is 0 Å². The van der Waals surface area contributed by atoms with Crippen molar-refractivity contribution in [2.45, 2.75) is 12.8 Å². The summed E-state index contributed by atoms with van der Waals surface area (Å²) in [6, 6.07) is 8.46. The molecule has 2 heterocycles. The normalized spacial score (nSPS) is 17.1. The standard InChI is InChI=1S/C15H19ClN2S/c16-13-3-4-15-12(10-13)11-14(19-15)2-1-7-18-8-5-17-6-9-18/h3-4,10-11,17H,1-2,5-9H2. The van der Waals surface area contributed by atoms with E-state index >= 15 is 0 Å². The van der Waals surface area contributed by atoms with Crippen LogP contribution in [0.1, 0.15) is 11.3 Å². The van der Waals surface area contributed by atoms with Crippen LogP contribution in [0.4, 0.5) is 0 Å². The lowest BCUT2D eigenvalue weighted by molar-refractivity contribution is 0.239. The predicted molar refractivity (Wildman–Crippen MR) is 84.5 cm³/mol. The molecule has 1 aliphatic heterocycles. The molecule has 0 unspecified atom stereocenters. The number of nitrogens with zero attached hydrogens (tertiary/aromatic N) is 1. The molecule has 1 N–H and O–H groups in total. The first-order valence-electron chi connectivity index (χ1n) is 6.92. The van der Waals surface area contributed by atoms with Crippen LogP contribution in [0.3, 0.4) is 0 Å². The van der Waals surface area contributed by atoms with Crippen molar-refractivity contribution < 1.29 is 0 Å². The van der Waals surface area contributed by atoms with Crippen LogP contribution in [0.15, 0.2) is 24.3 Å². The Kier molecular flexibility index (Phi) is 4.38. The molecule has 1 aliphatic rings. The maximum absolute atomic E-state index is 6.03. The molecule has 0 radical (unpaired) electrons. The molecular weight excluding hydrogens is 276 g/mol. The fourth-order valence-electron chi connectivity index (χ4n) is 2.60. The van der Waals surface area contributed by atoms with E-state index < -0.39 is 0 Å². The molecular formula is C15H19ClN2S. The number of nitrogens with one attached hydrogen (secondary N) is 1. The van der Waals surface area contributed by atoms with Crippen molar-refractivity contribution >= 4 is 33.0 Å². The maximum Gasteiger partial charge on any atom is 0.0412 e. The molecule has 102 valence electrons. The topological polar surface area (TPSA) is 15.3 Å². The maximum atomic E-state index is 6.03. The molecule has 0 bridgehead atoms. The lowest BCUT2D eigenvalue weighted by Gasteiger charge is -2.26. The molecule has 0 saturated carbocycles. The Morgan fingerprint density at radius 2 is 2.05 bits per heavy atom. The largest absolute Gasteiger partial charge is 0.314 e. The van der Waals surface area contributed by atoms with E-state index in [4.69, 9.17) is 11.6 Å². The minimum atomic E-state index is 0.831. The van der Waals surface area contributed by atoms with Gasteiger partial charge in [-0.3, -0.25) is 0 Å². The van der Waals surface area contributed by atoms with Gasteiger partial charge in [0.15, 0.2) is 0 Å². The third-order valence-corrected chi connectivity index (χ3v) is 5.05. The van der Waals surface area contributed by atoms with E-state index in [1.807, 2.05) is 17.4 Å². The Morgan fingerprint density at radius 3 is 2.89 bits per heavy atom. The van der Waals surface area contributed by atoms with Crippen LogP contribution in [0, 0.1) is 0 Å². The number of piperazine rings is 1. The van der Waals surface area contributed by atoms with Crippen molar-refractivity contribution in [1.82, 2.24) is 10.2 Å². The predicted octanol–water partition coefficient (Wildman–Crippen LogP) is 3.39. The molecule has 1 saturated heterocycles. The van der Waals surface area contributed by atoms with Crippen LogP contribution in [0.25, 0.3) is 10.1 Å². The molecule has 3 rings (SSSR count). The molecule has 2 nitrogen and oxygen atoms in total. The average Bonchev–Trinajstić information content (AvgIpc) is 2.82. The van der Waals surface area contributed by atoms with E-state index in [9.17, 15) is 0 Å². The summed E-state index contributed by atoms with van der Waals surface area (Å²) in [6.07, 6.45) is 2.43. The van der Waals surface area contributed by atoms with Gasteiger partial charge in [0.2, 0.25) is 0 Å². The van der Waals surface area contributed by atoms with Gasteiger partial charge in [0.25, 0.3) is 0 Å². The first kappa shape index (κ1) is 13.4. The molecule has 2 aromatic rings. The Labute approximate surface area is 123 Å². The van der Waals surface area contributed by atoms with Gasteiger partial charge in [-0.05, 0) is 49.0 Å². The van der Waals surface area contributed by atoms with Crippen molar-refractivity contribution in [3.8, 4) is 0 Å². The van der Waals surface area contributed by atoms with Gasteiger partial charge >= 0.3 is 0 Å². The van der Waals surface area contributed by atoms with Crippen LogP contribution in [-0.4, -0.2) is 37.6 Å². The van der Waals surface area contributed by atoms with Crippen molar-refractivity contribution in [2.75, 3.05) is 32.7 Å². The van der Waals surface area contributed by atoms with Crippen molar-refractivity contribution in [3.05, 3.63) is 34.2 Å². The number of benzene rings is 1. The Balaban J connectivity index is 1.56. The molecule has 19 heavy (non-hydrogen) atoms. The van der Waals surface area contributed by atoms with E-state index in [0.717, 1.165) is 18.1 Å². The van der Waals surface area contributed by atoms with Crippen LogP contribution in [0.2, 0.25) is 5.02 Å². The quantitative estimate of drug-likeness (QED) is 0.930. The summed E-state index contributed by atoms with van der Waals surface area (Å²) in [5.41, 5.74) is 0. The first-order chi connectivity index (χ1) is 9.31. The summed E-state index contributed by atoms with van der Waals surface area (Å²) in [6.45, 7) is 5.89. The number of rotatable bonds is 4. The van der Waals surface area contributed by atoms with Gasteiger partial charge in [-0.15, -0.1) is 11.3 Å². The average molecular weight is 295 g/mol. The molecule has 4 heteroatoms. The number of hydrogen-bond donors (Lipinski definition) is 1. The summed E-state index contributed by atoms with van der Waals surface area (Å²) in [5, 5.41) is 5.51. The van der Waals surface area contributed by atoms with Gasteiger partial charge in [0.1, 0.15) is 0 Å². The summed E-state index contributed by atoms with van der Waals surface area (Å²) in [7, 11) is 0. The summed E-state index contributed by atoms with van der Waals surface area (Å²) >= 11 is 7.93. The Bertz CT molecular complexity index is 546. The van der Waals surface area contributed by atoms with Crippen LogP contribution in [-0.2, 0) is 6.42 Å². The molecule has 1 aromatic carbocycles. The van der Waals surface area contributed by atoms with Crippen LogP contribution >= 0.6 is 22.9 Å². The van der Waals surface area contributed by atoms with Crippen molar-refractivity contribution in [3.63, 3.8) is 0 Å². The van der Waals surface area contributed by atoms with Gasteiger partial charge in [-0.1, -0.05) is 11.6 Å². The number of aryl methyl sites for hydroxylation is 1. The highest BCUT2D eigenvalue weighted by Crippen LogP contribution is 2.28. The lowest BCUT2D eigenvalue weighted by atomic mass is 10.2. The number of hydrogen-bond acceptors (Lipinski definition) is 3. The fraction of sp³-hybridized carbons (Fsp3) is 0.467. The molecule has 0 aliphatic carbocycles. The van der Waals surface area contributed by atoms with Gasteiger partial charge in [0.05, 0.1) is 0 Å². The highest BCUT2D eigenvalue weighted by atomic mass is 35.5. The highest BCUT2D eigenvalue weighted by Gasteiger charge is 2.09. The molecule has 0 atom stereocenters. The number of fused-ring (bicyclic) bond motifs is 1. The van der Waals surface area contributed by atoms with Gasteiger partial charge < -0.3 is 10.2 Å². The summed E-state index contributed by atoms with van der Waals surface area (Å²) in [5.74, 6) is 0. The first-order valence-corrected chi connectivity index (χ1v) is 8.12. The zero-order valence-electron chi connectivity index (χ0n) is 11.0. The van der Waals surface area contributed by atoms with Crippen LogP contribution < -0.4 is 5.32 Å². The highest BCUT2D eigenvalue weighted by molar-refractivity contribution is 7.19. The van der Waals surface area contributed by atoms with E-state index in [1.54, 1.807) is 0 Å². The molecule has 0 spiro atoms. The minimum absolute atomic E-state index is 0.831. The van der Waals surface area contributed by atoms with E-state index in [0.29, 0.717) is 0 Å².